The van der Waals surface area contributed by atoms with E-state index < -0.39 is 5.60 Å². The highest BCUT2D eigenvalue weighted by Gasteiger charge is 2.71. The fraction of sp³-hybridized carbons (Fsp3) is 0.852. The number of hydrogen-bond donors (Lipinski definition) is 1. The van der Waals surface area contributed by atoms with Gasteiger partial charge in [0.1, 0.15) is 11.2 Å². The molecule has 0 radical (unpaired) electrons. The third-order valence-electron chi connectivity index (χ3n) is 11.0. The first-order chi connectivity index (χ1) is 14.2. The van der Waals surface area contributed by atoms with E-state index in [1.165, 1.54) is 44.1 Å². The van der Waals surface area contributed by atoms with Crippen molar-refractivity contribution in [3.8, 4) is 0 Å². The predicted octanol–water partition coefficient (Wildman–Crippen LogP) is 5.98. The lowest BCUT2D eigenvalue weighted by Gasteiger charge is -2.66. The molecule has 4 fully saturated rings. The fourth-order valence-corrected chi connectivity index (χ4v) is 8.85. The van der Waals surface area contributed by atoms with Gasteiger partial charge in [-0.05, 0) is 91.8 Å². The molecule has 7 rings (SSSR count). The van der Waals surface area contributed by atoms with Crippen LogP contribution in [0.3, 0.4) is 0 Å². The molecule has 0 aromatic carbocycles. The van der Waals surface area contributed by atoms with E-state index >= 15 is 0 Å². The van der Waals surface area contributed by atoms with Gasteiger partial charge in [0.2, 0.25) is 0 Å². The van der Waals surface area contributed by atoms with Crippen LogP contribution in [0.1, 0.15) is 85.5 Å². The quantitative estimate of drug-likeness (QED) is 0.456. The number of allylic oxidation sites excluding steroid dienone is 1. The lowest BCUT2D eigenvalue weighted by molar-refractivity contribution is -0.455. The number of rotatable bonds is 4. The zero-order chi connectivity index (χ0) is 20.9. The average molecular weight is 413 g/mol. The number of hydrogen-bond acceptors (Lipinski definition) is 3. The van der Waals surface area contributed by atoms with Gasteiger partial charge in [0.25, 0.3) is 0 Å². The maximum Gasteiger partial charge on any atom is 0.147 e. The van der Waals surface area contributed by atoms with E-state index in [1.807, 2.05) is 0 Å². The van der Waals surface area contributed by atoms with Crippen molar-refractivity contribution in [3.63, 3.8) is 0 Å². The lowest BCUT2D eigenvalue weighted by Crippen LogP contribution is -2.69. The monoisotopic (exact) mass is 412 g/mol. The molecule has 3 heteroatoms. The first-order valence-corrected chi connectivity index (χ1v) is 12.7. The topological polar surface area (TPSA) is 38.7 Å². The van der Waals surface area contributed by atoms with E-state index in [-0.39, 0.29) is 22.5 Å². The summed E-state index contributed by atoms with van der Waals surface area (Å²) in [6, 6.07) is 0. The van der Waals surface area contributed by atoms with E-state index in [0.717, 1.165) is 36.5 Å². The maximum atomic E-state index is 10.4. The molecule has 1 saturated heterocycles. The maximum absolute atomic E-state index is 10.4. The smallest absolute Gasteiger partial charge is 0.147 e. The molecule has 7 aliphatic rings. The van der Waals surface area contributed by atoms with Crippen LogP contribution >= 0.6 is 0 Å². The highest BCUT2D eigenvalue weighted by molar-refractivity contribution is 5.48. The molecule has 1 unspecified atom stereocenters. The molecule has 5 aliphatic carbocycles. The summed E-state index contributed by atoms with van der Waals surface area (Å²) in [5.41, 5.74) is 0.835. The summed E-state index contributed by atoms with van der Waals surface area (Å²) in [4.78, 5) is 12.7. The summed E-state index contributed by atoms with van der Waals surface area (Å²) in [6.07, 6.45) is 17.4. The van der Waals surface area contributed by atoms with Crippen LogP contribution in [0.2, 0.25) is 0 Å². The minimum atomic E-state index is -0.488. The normalized spacial score (nSPS) is 56.7. The molecule has 3 saturated carbocycles. The summed E-state index contributed by atoms with van der Waals surface area (Å²) in [5.74, 6) is 4.03. The van der Waals surface area contributed by atoms with Crippen molar-refractivity contribution in [1.29, 1.82) is 0 Å². The van der Waals surface area contributed by atoms with Crippen molar-refractivity contribution >= 4 is 0 Å². The number of aliphatic hydroxyl groups excluding tert-OH is 1. The molecule has 0 aromatic rings. The van der Waals surface area contributed by atoms with Gasteiger partial charge in [0.15, 0.2) is 0 Å². The van der Waals surface area contributed by atoms with Gasteiger partial charge in [-0.1, -0.05) is 40.2 Å². The summed E-state index contributed by atoms with van der Waals surface area (Å²) in [6.45, 7) is 9.86. The molecule has 2 heterocycles. The van der Waals surface area contributed by atoms with Crippen molar-refractivity contribution in [1.82, 2.24) is 0 Å². The molecule has 2 aliphatic heterocycles. The Morgan fingerprint density at radius 3 is 2.67 bits per heavy atom. The number of fused-ring (bicyclic) bond motifs is 2. The highest BCUT2D eigenvalue weighted by Crippen LogP contribution is 2.71. The minimum Gasteiger partial charge on any atom is -0.393 e. The van der Waals surface area contributed by atoms with Gasteiger partial charge in [-0.2, -0.15) is 0 Å². The van der Waals surface area contributed by atoms with Crippen molar-refractivity contribution in [2.45, 2.75) is 103 Å². The molecule has 2 bridgehead atoms. The fourth-order valence-electron chi connectivity index (χ4n) is 8.85. The molecule has 1 N–H and O–H groups in total. The zero-order valence-corrected chi connectivity index (χ0v) is 19.3. The van der Waals surface area contributed by atoms with Gasteiger partial charge >= 0.3 is 0 Å². The second-order valence-corrected chi connectivity index (χ2v) is 12.5. The Hall–Kier alpha value is -0.640. The summed E-state index contributed by atoms with van der Waals surface area (Å²) in [7, 11) is 0. The zero-order valence-electron chi connectivity index (χ0n) is 19.3. The van der Waals surface area contributed by atoms with Crippen LogP contribution in [-0.4, -0.2) is 22.4 Å². The van der Waals surface area contributed by atoms with Crippen LogP contribution in [0.25, 0.3) is 0 Å². The first kappa shape index (κ1) is 20.0. The summed E-state index contributed by atoms with van der Waals surface area (Å²) in [5, 5.41) is 10.4. The molecule has 0 aromatic heterocycles. The molecular weight excluding hydrogens is 372 g/mol. The van der Waals surface area contributed by atoms with E-state index in [0.29, 0.717) is 12.3 Å². The van der Waals surface area contributed by atoms with E-state index in [4.69, 9.17) is 9.78 Å². The van der Waals surface area contributed by atoms with Crippen molar-refractivity contribution in [2.75, 3.05) is 0 Å². The molecule has 3 nitrogen and oxygen atoms in total. The molecular formula is C27H40O3. The molecule has 2 spiro atoms. The van der Waals surface area contributed by atoms with Crippen LogP contribution < -0.4 is 0 Å². The van der Waals surface area contributed by atoms with Crippen LogP contribution in [0.5, 0.6) is 0 Å². The Morgan fingerprint density at radius 1 is 1.17 bits per heavy atom. The Bertz CT molecular complexity index is 802. The average Bonchev–Trinajstić information content (AvgIpc) is 3.30. The summed E-state index contributed by atoms with van der Waals surface area (Å²) >= 11 is 0. The molecule has 30 heavy (non-hydrogen) atoms. The van der Waals surface area contributed by atoms with Crippen LogP contribution in [-0.2, 0) is 9.78 Å². The van der Waals surface area contributed by atoms with Gasteiger partial charge in [0, 0.05) is 17.8 Å². The Morgan fingerprint density at radius 2 is 1.97 bits per heavy atom. The second-order valence-electron chi connectivity index (χ2n) is 12.5. The van der Waals surface area contributed by atoms with Gasteiger partial charge < -0.3 is 5.11 Å². The van der Waals surface area contributed by atoms with Gasteiger partial charge in [0.05, 0.1) is 6.10 Å². The lowest BCUT2D eigenvalue weighted by atomic mass is 9.46. The Balaban J connectivity index is 1.32. The van der Waals surface area contributed by atoms with Gasteiger partial charge in [-0.3, -0.25) is 0 Å². The van der Waals surface area contributed by atoms with E-state index in [9.17, 15) is 5.11 Å². The van der Waals surface area contributed by atoms with Crippen LogP contribution in [0.15, 0.2) is 23.8 Å². The largest absolute Gasteiger partial charge is 0.393 e. The van der Waals surface area contributed by atoms with Crippen molar-refractivity contribution in [2.24, 2.45) is 40.4 Å². The predicted molar refractivity (Wildman–Crippen MR) is 117 cm³/mol. The molecule has 0 amide bonds. The highest BCUT2D eigenvalue weighted by atomic mass is 17.2. The van der Waals surface area contributed by atoms with Gasteiger partial charge in [-0.25, -0.2) is 9.78 Å². The van der Waals surface area contributed by atoms with Gasteiger partial charge in [-0.15, -0.1) is 0 Å². The third kappa shape index (κ3) is 2.38. The van der Waals surface area contributed by atoms with Crippen LogP contribution in [0, 0.1) is 40.4 Å². The van der Waals surface area contributed by atoms with Crippen molar-refractivity contribution < 1.29 is 14.9 Å². The van der Waals surface area contributed by atoms with Crippen LogP contribution in [0.4, 0.5) is 0 Å². The van der Waals surface area contributed by atoms with E-state index in [1.54, 1.807) is 0 Å². The standard InChI is InChI=1S/C27H40O3/c1-17(5-6-19-15-18(19)2)21-7-8-22-24(21,3)11-10-23-25(4)12-9-20(28)16-26(25)13-14-27(22,23)30-29-26/h10,13-14,17-22,28H,5-9,11-12,15-16H2,1-4H3/t17-,18-,19-,20+,21-,22?,24-,25-,26-,27+/m1/s1. The third-order valence-corrected chi connectivity index (χ3v) is 11.0. The molecule has 10 atom stereocenters. The second kappa shape index (κ2) is 6.23. The number of aliphatic hydroxyl groups is 1. The Labute approximate surface area is 182 Å². The first-order valence-electron chi connectivity index (χ1n) is 12.7. The SMILES string of the molecule is C[C@@H]1C[C@H]1CC[C@@H](C)[C@H]1CCC2[C@]1(C)CC=C1[C@]23C=C[C@]2(C[C@@H](O)CC[C@]12C)OO3. The van der Waals surface area contributed by atoms with Crippen molar-refractivity contribution in [3.05, 3.63) is 23.8 Å². The minimum absolute atomic E-state index is 0.0492. The Kier molecular flexibility index (Phi) is 4.16. The van der Waals surface area contributed by atoms with E-state index in [2.05, 4.69) is 45.9 Å². The summed E-state index contributed by atoms with van der Waals surface area (Å²) < 4.78 is 0. The molecule has 166 valence electrons.